The van der Waals surface area contributed by atoms with Crippen molar-refractivity contribution >= 4 is 31.8 Å². The normalized spacial score (nSPS) is 14.9. The minimum Gasteiger partial charge on any atom is -0.456 e. The van der Waals surface area contributed by atoms with Crippen LogP contribution in [0.1, 0.15) is 28.8 Å². The summed E-state index contributed by atoms with van der Waals surface area (Å²) in [5.41, 5.74) is 1.07. The van der Waals surface area contributed by atoms with Gasteiger partial charge in [-0.1, -0.05) is 17.7 Å². The van der Waals surface area contributed by atoms with E-state index in [4.69, 9.17) is 4.74 Å². The molecular formula is C21H24N2O7S2. The molecule has 1 N–H and O–H groups in total. The van der Waals surface area contributed by atoms with E-state index in [1.165, 1.54) is 40.7 Å². The first-order valence-electron chi connectivity index (χ1n) is 9.95. The fraction of sp³-hybridized carbons (Fsp3) is 0.333. The predicted octanol–water partition coefficient (Wildman–Crippen LogP) is 1.48. The number of nitrogens with zero attached hydrogens (tertiary/aromatic N) is 1. The SMILES string of the molecule is Cc1ccc(S(=O)(=O)NCC(=O)OCC(=O)c2ccc(S(=O)(=O)N3CCCC3)cc2)cc1. The molecule has 2 aromatic carbocycles. The number of hydrogen-bond donors (Lipinski definition) is 1. The van der Waals surface area contributed by atoms with Gasteiger partial charge in [0.05, 0.1) is 9.79 Å². The van der Waals surface area contributed by atoms with E-state index in [0.717, 1.165) is 18.4 Å². The second-order valence-corrected chi connectivity index (χ2v) is 11.1. The van der Waals surface area contributed by atoms with Crippen LogP contribution in [0.4, 0.5) is 0 Å². The Morgan fingerprint density at radius 3 is 2.06 bits per heavy atom. The van der Waals surface area contributed by atoms with E-state index >= 15 is 0 Å². The van der Waals surface area contributed by atoms with Gasteiger partial charge in [0, 0.05) is 18.7 Å². The van der Waals surface area contributed by atoms with Crippen LogP contribution in [0.5, 0.6) is 0 Å². The van der Waals surface area contributed by atoms with Crippen LogP contribution < -0.4 is 4.72 Å². The highest BCUT2D eigenvalue weighted by Crippen LogP contribution is 2.21. The maximum Gasteiger partial charge on any atom is 0.321 e. The molecule has 0 aromatic heterocycles. The first-order valence-corrected chi connectivity index (χ1v) is 12.9. The first-order chi connectivity index (χ1) is 15.1. The topological polar surface area (TPSA) is 127 Å². The summed E-state index contributed by atoms with van der Waals surface area (Å²) in [5, 5.41) is 0. The maximum absolute atomic E-state index is 12.5. The van der Waals surface area contributed by atoms with Crippen molar-refractivity contribution in [3.63, 3.8) is 0 Å². The standard InChI is InChI=1S/C21H24N2O7S2/c1-16-4-8-18(9-5-16)31(26,27)22-14-21(25)30-15-20(24)17-6-10-19(11-7-17)32(28,29)23-12-2-3-13-23/h4-11,22H,2-3,12-15H2,1H3. The summed E-state index contributed by atoms with van der Waals surface area (Å²) in [7, 11) is -7.47. The Balaban J connectivity index is 1.51. The molecule has 1 saturated heterocycles. The van der Waals surface area contributed by atoms with E-state index in [-0.39, 0.29) is 15.4 Å². The molecule has 0 unspecified atom stereocenters. The Kier molecular flexibility index (Phi) is 7.44. The molecule has 2 aromatic rings. The van der Waals surface area contributed by atoms with Crippen molar-refractivity contribution < 1.29 is 31.2 Å². The molecule has 1 heterocycles. The monoisotopic (exact) mass is 480 g/mol. The summed E-state index contributed by atoms with van der Waals surface area (Å²) in [5.74, 6) is -1.45. The van der Waals surface area contributed by atoms with Crippen molar-refractivity contribution in [2.75, 3.05) is 26.2 Å². The smallest absolute Gasteiger partial charge is 0.321 e. The van der Waals surface area contributed by atoms with E-state index in [0.29, 0.717) is 13.1 Å². The molecule has 9 nitrogen and oxygen atoms in total. The Labute approximate surface area is 187 Å². The molecule has 0 radical (unpaired) electrons. The number of hydrogen-bond acceptors (Lipinski definition) is 7. The number of nitrogens with one attached hydrogen (secondary N) is 1. The Bertz CT molecular complexity index is 1180. The van der Waals surface area contributed by atoms with Crippen molar-refractivity contribution in [3.8, 4) is 0 Å². The molecule has 3 rings (SSSR count). The van der Waals surface area contributed by atoms with Crippen molar-refractivity contribution in [1.82, 2.24) is 9.03 Å². The summed E-state index contributed by atoms with van der Waals surface area (Å²) >= 11 is 0. The van der Waals surface area contributed by atoms with Crippen LogP contribution in [0.3, 0.4) is 0 Å². The van der Waals surface area contributed by atoms with Crippen LogP contribution in [-0.2, 0) is 29.6 Å². The summed E-state index contributed by atoms with van der Waals surface area (Å²) in [4.78, 5) is 24.2. The number of carbonyl (C=O) groups is 2. The number of esters is 1. The minimum absolute atomic E-state index is 0.0101. The largest absolute Gasteiger partial charge is 0.456 e. The number of aryl methyl sites for hydroxylation is 1. The first kappa shape index (κ1) is 24.1. The van der Waals surface area contributed by atoms with Crippen molar-refractivity contribution in [2.24, 2.45) is 0 Å². The van der Waals surface area contributed by atoms with Gasteiger partial charge in [-0.2, -0.15) is 9.03 Å². The molecule has 0 bridgehead atoms. The fourth-order valence-electron chi connectivity index (χ4n) is 3.13. The second kappa shape index (κ2) is 9.90. The highest BCUT2D eigenvalue weighted by atomic mass is 32.2. The van der Waals surface area contributed by atoms with Gasteiger partial charge in [-0.05, 0) is 56.2 Å². The third-order valence-electron chi connectivity index (χ3n) is 4.98. The zero-order chi connectivity index (χ0) is 23.4. The van der Waals surface area contributed by atoms with Gasteiger partial charge in [-0.25, -0.2) is 16.8 Å². The lowest BCUT2D eigenvalue weighted by Crippen LogP contribution is -2.31. The van der Waals surface area contributed by atoms with E-state index in [9.17, 15) is 26.4 Å². The lowest BCUT2D eigenvalue weighted by molar-refractivity contribution is -0.141. The molecule has 32 heavy (non-hydrogen) atoms. The van der Waals surface area contributed by atoms with Gasteiger partial charge < -0.3 is 4.74 Å². The highest BCUT2D eigenvalue weighted by Gasteiger charge is 2.27. The quantitative estimate of drug-likeness (QED) is 0.425. The van der Waals surface area contributed by atoms with Gasteiger partial charge in [-0.3, -0.25) is 9.59 Å². The lowest BCUT2D eigenvalue weighted by atomic mass is 10.1. The average Bonchev–Trinajstić information content (AvgIpc) is 3.32. The summed E-state index contributed by atoms with van der Waals surface area (Å²) in [6.07, 6.45) is 1.64. The molecule has 1 fully saturated rings. The zero-order valence-corrected chi connectivity index (χ0v) is 19.1. The molecular weight excluding hydrogens is 456 g/mol. The van der Waals surface area contributed by atoms with Crippen molar-refractivity contribution in [1.29, 1.82) is 0 Å². The third kappa shape index (κ3) is 5.80. The summed E-state index contributed by atoms with van der Waals surface area (Å²) < 4.78 is 57.8. The number of benzene rings is 2. The van der Waals surface area contributed by atoms with Crippen LogP contribution in [0, 0.1) is 6.92 Å². The Morgan fingerprint density at radius 2 is 1.47 bits per heavy atom. The number of carbonyl (C=O) groups excluding carboxylic acids is 2. The number of Topliss-reactive ketones (excluding diaryl/α,β-unsaturated/α-hetero) is 1. The van der Waals surface area contributed by atoms with Crippen LogP contribution in [0.25, 0.3) is 0 Å². The highest BCUT2D eigenvalue weighted by molar-refractivity contribution is 7.89. The summed E-state index contributed by atoms with van der Waals surface area (Å²) in [6.45, 7) is 1.55. The molecule has 0 spiro atoms. The molecule has 0 amide bonds. The summed E-state index contributed by atoms with van der Waals surface area (Å²) in [6, 6.07) is 11.5. The number of ketones is 1. The van der Waals surface area contributed by atoms with Crippen LogP contribution in [0.2, 0.25) is 0 Å². The molecule has 1 aliphatic rings. The van der Waals surface area contributed by atoms with Gasteiger partial charge in [-0.15, -0.1) is 0 Å². The Hall–Kier alpha value is -2.60. The van der Waals surface area contributed by atoms with E-state index in [1.54, 1.807) is 12.1 Å². The van der Waals surface area contributed by atoms with Crippen LogP contribution in [0.15, 0.2) is 58.3 Å². The van der Waals surface area contributed by atoms with Crippen molar-refractivity contribution in [3.05, 3.63) is 59.7 Å². The minimum atomic E-state index is -3.89. The molecule has 0 atom stereocenters. The molecule has 11 heteroatoms. The number of ether oxygens (including phenoxy) is 1. The molecule has 1 aliphatic heterocycles. The third-order valence-corrected chi connectivity index (χ3v) is 8.31. The molecule has 0 saturated carbocycles. The van der Waals surface area contributed by atoms with Crippen LogP contribution in [-0.4, -0.2) is 59.1 Å². The lowest BCUT2D eigenvalue weighted by Gasteiger charge is -2.15. The van der Waals surface area contributed by atoms with Gasteiger partial charge in [0.2, 0.25) is 20.0 Å². The molecule has 172 valence electrons. The number of sulfonamides is 2. The zero-order valence-electron chi connectivity index (χ0n) is 17.5. The van der Waals surface area contributed by atoms with E-state index in [1.807, 2.05) is 6.92 Å². The van der Waals surface area contributed by atoms with Gasteiger partial charge in [0.25, 0.3) is 0 Å². The van der Waals surface area contributed by atoms with E-state index in [2.05, 4.69) is 4.72 Å². The number of rotatable bonds is 9. The van der Waals surface area contributed by atoms with Crippen molar-refractivity contribution in [2.45, 2.75) is 29.6 Å². The van der Waals surface area contributed by atoms with Gasteiger partial charge in [0.1, 0.15) is 6.54 Å². The Morgan fingerprint density at radius 1 is 0.906 bits per heavy atom. The van der Waals surface area contributed by atoms with E-state index < -0.39 is 45.0 Å². The van der Waals surface area contributed by atoms with Crippen LogP contribution >= 0.6 is 0 Å². The maximum atomic E-state index is 12.5. The second-order valence-electron chi connectivity index (χ2n) is 7.36. The van der Waals surface area contributed by atoms with Gasteiger partial charge in [0.15, 0.2) is 12.4 Å². The average molecular weight is 481 g/mol. The predicted molar refractivity (Wildman–Crippen MR) is 116 cm³/mol. The molecule has 0 aliphatic carbocycles. The fourth-order valence-corrected chi connectivity index (χ4v) is 5.61. The van der Waals surface area contributed by atoms with Gasteiger partial charge >= 0.3 is 5.97 Å².